The van der Waals surface area contributed by atoms with Gasteiger partial charge in [0.15, 0.2) is 5.78 Å². The first-order chi connectivity index (χ1) is 10.1. The second-order valence-electron chi connectivity index (χ2n) is 4.75. The molecule has 0 unspecified atom stereocenters. The van der Waals surface area contributed by atoms with Crippen molar-refractivity contribution in [1.29, 1.82) is 0 Å². The number of carbonyl (C=O) groups excluding carboxylic acids is 1. The first kappa shape index (κ1) is 15.6. The number of benzene rings is 2. The maximum absolute atomic E-state index is 12.5. The van der Waals surface area contributed by atoms with Crippen LogP contribution in [0.2, 0.25) is 0 Å². The summed E-state index contributed by atoms with van der Waals surface area (Å²) in [6.45, 7) is 2.01. The van der Waals surface area contributed by atoms with Crippen molar-refractivity contribution >= 4 is 21.7 Å². The van der Waals surface area contributed by atoms with Gasteiger partial charge in [-0.3, -0.25) is 4.79 Å². The van der Waals surface area contributed by atoms with E-state index in [0.29, 0.717) is 28.0 Å². The smallest absolute Gasteiger partial charge is 0.171 e. The van der Waals surface area contributed by atoms with Crippen molar-refractivity contribution in [3.05, 3.63) is 57.6 Å². The van der Waals surface area contributed by atoms with E-state index in [-0.39, 0.29) is 5.78 Å². The highest BCUT2D eigenvalue weighted by Gasteiger charge is 2.18. The Hall–Kier alpha value is -1.81. The minimum Gasteiger partial charge on any atom is -0.495 e. The van der Waals surface area contributed by atoms with Crippen LogP contribution in [0, 0.1) is 6.92 Å². The fourth-order valence-corrected chi connectivity index (χ4v) is 2.89. The molecule has 0 aromatic heterocycles. The number of aryl methyl sites for hydroxylation is 1. The van der Waals surface area contributed by atoms with Gasteiger partial charge in [-0.05, 0) is 40.5 Å². The number of hydrogen-bond acceptors (Lipinski definition) is 3. The third-order valence-electron chi connectivity index (χ3n) is 3.23. The summed E-state index contributed by atoms with van der Waals surface area (Å²) < 4.78 is 11.2. The molecule has 2 rings (SSSR count). The zero-order valence-electron chi connectivity index (χ0n) is 12.3. The number of carbonyl (C=O) groups is 1. The van der Waals surface area contributed by atoms with Crippen LogP contribution in [0.5, 0.6) is 11.5 Å². The molecule has 3 nitrogen and oxygen atoms in total. The van der Waals surface area contributed by atoms with Crippen molar-refractivity contribution in [3.8, 4) is 11.5 Å². The van der Waals surface area contributed by atoms with E-state index < -0.39 is 0 Å². The summed E-state index contributed by atoms with van der Waals surface area (Å²) in [4.78, 5) is 12.5. The van der Waals surface area contributed by atoms with Crippen LogP contribution in [0.1, 0.15) is 21.5 Å². The topological polar surface area (TPSA) is 35.5 Å². The largest absolute Gasteiger partial charge is 0.495 e. The molecule has 0 aliphatic carbocycles. The third kappa shape index (κ3) is 3.45. The molecule has 0 spiro atoms. The highest BCUT2D eigenvalue weighted by molar-refractivity contribution is 9.10. The molecule has 0 heterocycles. The second-order valence-corrected chi connectivity index (χ2v) is 5.54. The van der Waals surface area contributed by atoms with Gasteiger partial charge >= 0.3 is 0 Å². The van der Waals surface area contributed by atoms with Crippen molar-refractivity contribution < 1.29 is 14.3 Å². The van der Waals surface area contributed by atoms with E-state index in [4.69, 9.17) is 9.47 Å². The molecule has 0 fully saturated rings. The van der Waals surface area contributed by atoms with E-state index in [1.807, 2.05) is 31.2 Å². The molecular weight excluding hydrogens is 332 g/mol. The van der Waals surface area contributed by atoms with Gasteiger partial charge in [0.25, 0.3) is 0 Å². The first-order valence-electron chi connectivity index (χ1n) is 6.56. The zero-order valence-corrected chi connectivity index (χ0v) is 13.9. The molecule has 0 amide bonds. The van der Waals surface area contributed by atoms with Crippen molar-refractivity contribution in [2.75, 3.05) is 14.2 Å². The lowest BCUT2D eigenvalue weighted by atomic mass is 10.0. The molecule has 0 radical (unpaired) electrons. The SMILES string of the molecule is COc1ccc(C(=O)Cc2cccc(C)c2)c(OC)c1Br. The van der Waals surface area contributed by atoms with Gasteiger partial charge < -0.3 is 9.47 Å². The summed E-state index contributed by atoms with van der Waals surface area (Å²) in [6, 6.07) is 11.4. The molecule has 2 aromatic rings. The highest BCUT2D eigenvalue weighted by Crippen LogP contribution is 2.37. The van der Waals surface area contributed by atoms with Crippen LogP contribution < -0.4 is 9.47 Å². The lowest BCUT2D eigenvalue weighted by Crippen LogP contribution is -2.07. The monoisotopic (exact) mass is 348 g/mol. The normalized spacial score (nSPS) is 10.3. The number of ether oxygens (including phenoxy) is 2. The minimum atomic E-state index is 0.0146. The molecule has 0 aliphatic heterocycles. The molecule has 4 heteroatoms. The van der Waals surface area contributed by atoms with E-state index in [1.165, 1.54) is 0 Å². The third-order valence-corrected chi connectivity index (χ3v) is 3.98. The number of rotatable bonds is 5. The van der Waals surface area contributed by atoms with Gasteiger partial charge in [-0.2, -0.15) is 0 Å². The Morgan fingerprint density at radius 3 is 2.52 bits per heavy atom. The fraction of sp³-hybridized carbons (Fsp3) is 0.235. The second kappa shape index (κ2) is 6.76. The molecule has 0 aliphatic rings. The highest BCUT2D eigenvalue weighted by atomic mass is 79.9. The van der Waals surface area contributed by atoms with Gasteiger partial charge in [-0.1, -0.05) is 29.8 Å². The predicted octanol–water partition coefficient (Wildman–Crippen LogP) is 4.20. The average Bonchev–Trinajstić information content (AvgIpc) is 2.46. The van der Waals surface area contributed by atoms with Gasteiger partial charge in [0, 0.05) is 6.42 Å². The molecule has 0 saturated carbocycles. The minimum absolute atomic E-state index is 0.0146. The van der Waals surface area contributed by atoms with Crippen LogP contribution in [-0.2, 0) is 6.42 Å². The summed E-state index contributed by atoms with van der Waals surface area (Å²) in [5.41, 5.74) is 2.68. The maximum Gasteiger partial charge on any atom is 0.171 e. The predicted molar refractivity (Wildman–Crippen MR) is 86.5 cm³/mol. The molecule has 0 atom stereocenters. The molecular formula is C17H17BrO3. The summed E-state index contributed by atoms with van der Waals surface area (Å²) in [7, 11) is 3.12. The Labute approximate surface area is 133 Å². The molecule has 0 saturated heterocycles. The van der Waals surface area contributed by atoms with Gasteiger partial charge in [0.05, 0.1) is 19.8 Å². The summed E-state index contributed by atoms with van der Waals surface area (Å²) in [5, 5.41) is 0. The Balaban J connectivity index is 2.33. The van der Waals surface area contributed by atoms with Crippen LogP contribution in [0.15, 0.2) is 40.9 Å². The molecule has 110 valence electrons. The molecule has 21 heavy (non-hydrogen) atoms. The van der Waals surface area contributed by atoms with Crippen molar-refractivity contribution in [3.63, 3.8) is 0 Å². The van der Waals surface area contributed by atoms with Gasteiger partial charge in [-0.25, -0.2) is 0 Å². The number of hydrogen-bond donors (Lipinski definition) is 0. The number of methoxy groups -OCH3 is 2. The van der Waals surface area contributed by atoms with Crippen LogP contribution in [0.3, 0.4) is 0 Å². The van der Waals surface area contributed by atoms with E-state index >= 15 is 0 Å². The summed E-state index contributed by atoms with van der Waals surface area (Å²) in [5.74, 6) is 1.16. The maximum atomic E-state index is 12.5. The van der Waals surface area contributed by atoms with Crippen LogP contribution >= 0.6 is 15.9 Å². The van der Waals surface area contributed by atoms with Crippen molar-refractivity contribution in [2.24, 2.45) is 0 Å². The van der Waals surface area contributed by atoms with E-state index in [9.17, 15) is 4.79 Å². The van der Waals surface area contributed by atoms with E-state index in [1.54, 1.807) is 26.4 Å². The first-order valence-corrected chi connectivity index (χ1v) is 7.35. The standard InChI is InChI=1S/C17H17BrO3/c1-11-5-4-6-12(9-11)10-14(19)13-7-8-15(20-2)16(18)17(13)21-3/h4-9H,10H2,1-3H3. The van der Waals surface area contributed by atoms with Gasteiger partial charge in [-0.15, -0.1) is 0 Å². The molecule has 0 N–H and O–H groups in total. The van der Waals surface area contributed by atoms with Gasteiger partial charge in [0.1, 0.15) is 16.0 Å². The van der Waals surface area contributed by atoms with E-state index in [0.717, 1.165) is 11.1 Å². The van der Waals surface area contributed by atoms with E-state index in [2.05, 4.69) is 15.9 Å². The summed E-state index contributed by atoms with van der Waals surface area (Å²) >= 11 is 3.42. The number of Topliss-reactive ketones (excluding diaryl/α,β-unsaturated/α-hetero) is 1. The van der Waals surface area contributed by atoms with Crippen LogP contribution in [-0.4, -0.2) is 20.0 Å². The molecule has 2 aromatic carbocycles. The number of halogens is 1. The van der Waals surface area contributed by atoms with Crippen LogP contribution in [0.25, 0.3) is 0 Å². The Morgan fingerprint density at radius 1 is 1.14 bits per heavy atom. The fourth-order valence-electron chi connectivity index (χ4n) is 2.22. The van der Waals surface area contributed by atoms with Crippen molar-refractivity contribution in [1.82, 2.24) is 0 Å². The lowest BCUT2D eigenvalue weighted by molar-refractivity contribution is 0.0990. The molecule has 0 bridgehead atoms. The van der Waals surface area contributed by atoms with Crippen LogP contribution in [0.4, 0.5) is 0 Å². The quantitative estimate of drug-likeness (QED) is 0.759. The Morgan fingerprint density at radius 2 is 1.90 bits per heavy atom. The Kier molecular flexibility index (Phi) is 5.02. The Bertz CT molecular complexity index is 665. The lowest BCUT2D eigenvalue weighted by Gasteiger charge is -2.12. The average molecular weight is 349 g/mol. The summed E-state index contributed by atoms with van der Waals surface area (Å²) in [6.07, 6.45) is 0.344. The van der Waals surface area contributed by atoms with Gasteiger partial charge in [0.2, 0.25) is 0 Å². The van der Waals surface area contributed by atoms with Crippen molar-refractivity contribution in [2.45, 2.75) is 13.3 Å². The number of ketones is 1. The zero-order chi connectivity index (χ0) is 15.4.